The lowest BCUT2D eigenvalue weighted by Crippen LogP contribution is -2.29. The summed E-state index contributed by atoms with van der Waals surface area (Å²) in [7, 11) is -1.57. The van der Waals surface area contributed by atoms with Gasteiger partial charge in [0.1, 0.15) is 5.75 Å². The maximum atomic E-state index is 11.5. The molecule has 0 saturated heterocycles. The first-order chi connectivity index (χ1) is 6.97. The predicted molar refractivity (Wildman–Crippen MR) is 63.1 cm³/mol. The third-order valence-electron chi connectivity index (χ3n) is 2.45. The zero-order valence-corrected chi connectivity index (χ0v) is 10.5. The lowest BCUT2D eigenvalue weighted by Gasteiger charge is -2.21. The fourth-order valence-corrected chi connectivity index (χ4v) is 2.73. The highest BCUT2D eigenvalue weighted by atomic mass is 28.4. The van der Waals surface area contributed by atoms with E-state index in [2.05, 4.69) is 19.6 Å². The molecule has 0 spiro atoms. The first-order valence-corrected chi connectivity index (χ1v) is 8.72. The van der Waals surface area contributed by atoms with Crippen LogP contribution in [0, 0.1) is 0 Å². The van der Waals surface area contributed by atoms with E-state index in [0.29, 0.717) is 6.42 Å². The van der Waals surface area contributed by atoms with Gasteiger partial charge in [-0.15, -0.1) is 0 Å². The van der Waals surface area contributed by atoms with Gasteiger partial charge in [-0.2, -0.15) is 0 Å². The molecule has 0 saturated carbocycles. The van der Waals surface area contributed by atoms with Gasteiger partial charge in [0.25, 0.3) is 0 Å². The topological polar surface area (TPSA) is 26.3 Å². The monoisotopic (exact) mass is 220 g/mol. The molecule has 0 radical (unpaired) electrons. The van der Waals surface area contributed by atoms with Crippen LogP contribution in [-0.4, -0.2) is 14.1 Å². The van der Waals surface area contributed by atoms with Crippen LogP contribution in [0.2, 0.25) is 19.6 Å². The van der Waals surface area contributed by atoms with E-state index in [1.807, 2.05) is 18.2 Å². The Morgan fingerprint density at radius 3 is 2.60 bits per heavy atom. The molecule has 2 nitrogen and oxygen atoms in total. The quantitative estimate of drug-likeness (QED) is 0.716. The molecule has 0 amide bonds. The largest absolute Gasteiger partial charge is 0.544 e. The van der Waals surface area contributed by atoms with Crippen molar-refractivity contribution in [1.82, 2.24) is 0 Å². The number of carbonyl (C=O) groups is 1. The van der Waals surface area contributed by atoms with E-state index < -0.39 is 8.32 Å². The van der Waals surface area contributed by atoms with Gasteiger partial charge in [-0.05, 0) is 32.1 Å². The summed E-state index contributed by atoms with van der Waals surface area (Å²) in [6, 6.07) is 5.80. The molecular formula is C12H16O2Si. The number of rotatable bonds is 2. The normalized spacial score (nSPS) is 15.3. The van der Waals surface area contributed by atoms with Gasteiger partial charge in [0.2, 0.25) is 8.32 Å². The van der Waals surface area contributed by atoms with Gasteiger partial charge in [0.15, 0.2) is 5.78 Å². The number of Topliss-reactive ketones (excluding diaryl/α,β-unsaturated/α-hetero) is 1. The highest BCUT2D eigenvalue weighted by Gasteiger charge is 2.25. The van der Waals surface area contributed by atoms with Crippen LogP contribution in [0.1, 0.15) is 22.3 Å². The highest BCUT2D eigenvalue weighted by Crippen LogP contribution is 2.31. The zero-order chi connectivity index (χ0) is 11.1. The van der Waals surface area contributed by atoms with Crippen molar-refractivity contribution in [3.63, 3.8) is 0 Å². The van der Waals surface area contributed by atoms with Gasteiger partial charge in [0.05, 0.1) is 0 Å². The van der Waals surface area contributed by atoms with E-state index in [1.54, 1.807) is 0 Å². The van der Waals surface area contributed by atoms with Crippen LogP contribution in [0.5, 0.6) is 5.75 Å². The van der Waals surface area contributed by atoms with Crippen molar-refractivity contribution in [3.05, 3.63) is 29.3 Å². The van der Waals surface area contributed by atoms with Gasteiger partial charge >= 0.3 is 0 Å². The molecule has 0 heterocycles. The first-order valence-electron chi connectivity index (χ1n) is 5.31. The van der Waals surface area contributed by atoms with Crippen molar-refractivity contribution < 1.29 is 9.22 Å². The van der Waals surface area contributed by atoms with Crippen LogP contribution in [-0.2, 0) is 6.42 Å². The Bertz CT molecular complexity index is 405. The van der Waals surface area contributed by atoms with Crippen molar-refractivity contribution in [2.24, 2.45) is 0 Å². The SMILES string of the molecule is C[Si](C)(C)Oc1cccc2c1CCC2=O. The van der Waals surface area contributed by atoms with Crippen LogP contribution in [0.3, 0.4) is 0 Å². The third-order valence-corrected chi connectivity index (χ3v) is 3.28. The summed E-state index contributed by atoms with van der Waals surface area (Å²) >= 11 is 0. The minimum absolute atomic E-state index is 0.256. The molecule has 0 aliphatic heterocycles. The van der Waals surface area contributed by atoms with Gasteiger partial charge in [0, 0.05) is 17.5 Å². The minimum Gasteiger partial charge on any atom is -0.544 e. The van der Waals surface area contributed by atoms with E-state index in [-0.39, 0.29) is 5.78 Å². The smallest absolute Gasteiger partial charge is 0.242 e. The molecule has 1 aliphatic carbocycles. The molecule has 3 heteroatoms. The first kappa shape index (κ1) is 10.4. The maximum Gasteiger partial charge on any atom is 0.242 e. The lowest BCUT2D eigenvalue weighted by atomic mass is 10.1. The van der Waals surface area contributed by atoms with Crippen molar-refractivity contribution >= 4 is 14.1 Å². The maximum absolute atomic E-state index is 11.5. The predicted octanol–water partition coefficient (Wildman–Crippen LogP) is 3.03. The molecule has 0 fully saturated rings. The van der Waals surface area contributed by atoms with Crippen molar-refractivity contribution in [2.45, 2.75) is 32.5 Å². The Morgan fingerprint density at radius 1 is 1.20 bits per heavy atom. The van der Waals surface area contributed by atoms with Crippen molar-refractivity contribution in [3.8, 4) is 5.75 Å². The fourth-order valence-electron chi connectivity index (χ4n) is 1.88. The number of fused-ring (bicyclic) bond motifs is 1. The molecular weight excluding hydrogens is 204 g/mol. The third kappa shape index (κ3) is 2.12. The van der Waals surface area contributed by atoms with E-state index in [0.717, 1.165) is 23.3 Å². The Hall–Kier alpha value is -1.09. The fraction of sp³-hybridized carbons (Fsp3) is 0.417. The average molecular weight is 220 g/mol. The Balaban J connectivity index is 2.38. The molecule has 80 valence electrons. The zero-order valence-electron chi connectivity index (χ0n) is 9.46. The summed E-state index contributed by atoms with van der Waals surface area (Å²) < 4.78 is 5.98. The molecule has 1 aliphatic rings. The standard InChI is InChI=1S/C12H16O2Si/c1-15(2,3)14-12-6-4-5-9-10(12)7-8-11(9)13/h4-6H,7-8H2,1-3H3. The van der Waals surface area contributed by atoms with Crippen LogP contribution in [0.15, 0.2) is 18.2 Å². The van der Waals surface area contributed by atoms with Crippen LogP contribution in [0.25, 0.3) is 0 Å². The number of carbonyl (C=O) groups excluding carboxylic acids is 1. The van der Waals surface area contributed by atoms with Crippen molar-refractivity contribution in [2.75, 3.05) is 0 Å². The van der Waals surface area contributed by atoms with Gasteiger partial charge in [-0.3, -0.25) is 4.79 Å². The lowest BCUT2D eigenvalue weighted by molar-refractivity contribution is 0.0994. The van der Waals surface area contributed by atoms with Gasteiger partial charge < -0.3 is 4.43 Å². The second kappa shape index (κ2) is 3.49. The Morgan fingerprint density at radius 2 is 1.93 bits per heavy atom. The summed E-state index contributed by atoms with van der Waals surface area (Å²) in [6.45, 7) is 6.47. The summed E-state index contributed by atoms with van der Waals surface area (Å²) in [5.41, 5.74) is 1.98. The summed E-state index contributed by atoms with van der Waals surface area (Å²) in [5.74, 6) is 1.18. The molecule has 0 N–H and O–H groups in total. The van der Waals surface area contributed by atoms with E-state index in [9.17, 15) is 4.79 Å². The number of hydrogen-bond acceptors (Lipinski definition) is 2. The number of benzene rings is 1. The summed E-state index contributed by atoms with van der Waals surface area (Å²) in [4.78, 5) is 11.5. The van der Waals surface area contributed by atoms with Crippen molar-refractivity contribution in [1.29, 1.82) is 0 Å². The summed E-state index contributed by atoms with van der Waals surface area (Å²) in [6.07, 6.45) is 1.48. The summed E-state index contributed by atoms with van der Waals surface area (Å²) in [5, 5.41) is 0. The number of hydrogen-bond donors (Lipinski definition) is 0. The van der Waals surface area contributed by atoms with E-state index >= 15 is 0 Å². The Labute approximate surface area is 91.4 Å². The second-order valence-corrected chi connectivity index (χ2v) is 9.35. The van der Waals surface area contributed by atoms with Crippen LogP contribution < -0.4 is 4.43 Å². The van der Waals surface area contributed by atoms with E-state index in [4.69, 9.17) is 4.43 Å². The molecule has 1 aromatic carbocycles. The second-order valence-electron chi connectivity index (χ2n) is 4.92. The molecule has 0 aromatic heterocycles. The minimum atomic E-state index is -1.57. The molecule has 1 aromatic rings. The average Bonchev–Trinajstić information content (AvgIpc) is 2.47. The number of ketones is 1. The molecule has 0 unspecified atom stereocenters. The Kier molecular flexibility index (Phi) is 2.42. The molecule has 0 atom stereocenters. The van der Waals surface area contributed by atoms with Gasteiger partial charge in [-0.25, -0.2) is 0 Å². The van der Waals surface area contributed by atoms with Gasteiger partial charge in [-0.1, -0.05) is 12.1 Å². The molecule has 0 bridgehead atoms. The van der Waals surface area contributed by atoms with E-state index in [1.165, 1.54) is 0 Å². The molecule has 2 rings (SSSR count). The molecule has 15 heavy (non-hydrogen) atoms. The van der Waals surface area contributed by atoms with Crippen LogP contribution in [0.4, 0.5) is 0 Å². The highest BCUT2D eigenvalue weighted by molar-refractivity contribution is 6.70. The van der Waals surface area contributed by atoms with Crippen LogP contribution >= 0.6 is 0 Å².